The number of aromatic nitrogens is 1. The Balaban J connectivity index is 1.77. The van der Waals surface area contributed by atoms with E-state index in [2.05, 4.69) is 15.6 Å². The van der Waals surface area contributed by atoms with Crippen LogP contribution in [-0.4, -0.2) is 31.1 Å². The highest BCUT2D eigenvalue weighted by molar-refractivity contribution is 6.04. The summed E-state index contributed by atoms with van der Waals surface area (Å²) in [6, 6.07) is 17.4. The van der Waals surface area contributed by atoms with Crippen molar-refractivity contribution in [3.8, 4) is 5.75 Å². The Morgan fingerprint density at radius 2 is 1.71 bits per heavy atom. The number of amides is 1. The second-order valence-electron chi connectivity index (χ2n) is 5.78. The van der Waals surface area contributed by atoms with Crippen LogP contribution in [-0.2, 0) is 4.74 Å². The van der Waals surface area contributed by atoms with Gasteiger partial charge in [-0.15, -0.1) is 0 Å². The van der Waals surface area contributed by atoms with Crippen molar-refractivity contribution >= 4 is 28.9 Å². The van der Waals surface area contributed by atoms with Crippen molar-refractivity contribution in [2.45, 2.75) is 0 Å². The molecular weight excluding hydrogens is 358 g/mol. The molecule has 0 aliphatic carbocycles. The van der Waals surface area contributed by atoms with E-state index >= 15 is 0 Å². The molecule has 0 radical (unpaired) electrons. The van der Waals surface area contributed by atoms with Crippen molar-refractivity contribution in [2.24, 2.45) is 0 Å². The maximum atomic E-state index is 12.6. The summed E-state index contributed by atoms with van der Waals surface area (Å²) in [5.41, 5.74) is 2.56. The van der Waals surface area contributed by atoms with E-state index in [0.29, 0.717) is 28.4 Å². The number of nitrogens with zero attached hydrogens (tertiary/aromatic N) is 1. The maximum absolute atomic E-state index is 12.6. The minimum absolute atomic E-state index is 0.236. The maximum Gasteiger partial charge on any atom is 0.337 e. The zero-order valence-electron chi connectivity index (χ0n) is 15.4. The smallest absolute Gasteiger partial charge is 0.337 e. The summed E-state index contributed by atoms with van der Waals surface area (Å²) in [5, 5.41) is 5.94. The molecule has 7 nitrogen and oxygen atoms in total. The van der Waals surface area contributed by atoms with Gasteiger partial charge in [0, 0.05) is 17.6 Å². The first-order chi connectivity index (χ1) is 13.6. The molecular formula is C21H19N3O4. The molecule has 0 bridgehead atoms. The second-order valence-corrected chi connectivity index (χ2v) is 5.78. The Kier molecular flexibility index (Phi) is 5.86. The molecule has 7 heteroatoms. The predicted molar refractivity (Wildman–Crippen MR) is 106 cm³/mol. The molecule has 0 spiro atoms. The van der Waals surface area contributed by atoms with Crippen LogP contribution in [0.2, 0.25) is 0 Å². The van der Waals surface area contributed by atoms with Crippen LogP contribution in [0.5, 0.6) is 5.75 Å². The summed E-state index contributed by atoms with van der Waals surface area (Å²) < 4.78 is 9.97. The molecule has 1 heterocycles. The van der Waals surface area contributed by atoms with Crippen molar-refractivity contribution in [1.29, 1.82) is 0 Å². The lowest BCUT2D eigenvalue weighted by molar-refractivity contribution is 0.0600. The standard InChI is InChI=1S/C21H19N3O4/c1-27-19-9-4-3-8-17(19)24-20(25)18-13-16(10-11-22-18)23-15-7-5-6-14(12-15)21(26)28-2/h3-13H,1-2H3,(H,22,23)(H,24,25). The summed E-state index contributed by atoms with van der Waals surface area (Å²) in [7, 11) is 2.87. The number of carbonyl (C=O) groups excluding carboxylic acids is 2. The van der Waals surface area contributed by atoms with Gasteiger partial charge in [0.05, 0.1) is 25.5 Å². The number of ether oxygens (including phenoxy) is 2. The molecule has 0 unspecified atom stereocenters. The number of pyridine rings is 1. The van der Waals surface area contributed by atoms with Gasteiger partial charge in [0.15, 0.2) is 0 Å². The average molecular weight is 377 g/mol. The van der Waals surface area contributed by atoms with Crippen LogP contribution < -0.4 is 15.4 Å². The molecule has 2 aromatic carbocycles. The van der Waals surface area contributed by atoms with E-state index in [-0.39, 0.29) is 11.6 Å². The van der Waals surface area contributed by atoms with Gasteiger partial charge in [0.25, 0.3) is 5.91 Å². The first kappa shape index (κ1) is 18.9. The topological polar surface area (TPSA) is 89.5 Å². The van der Waals surface area contributed by atoms with Gasteiger partial charge >= 0.3 is 5.97 Å². The van der Waals surface area contributed by atoms with Gasteiger partial charge in [-0.25, -0.2) is 4.79 Å². The summed E-state index contributed by atoms with van der Waals surface area (Å²) >= 11 is 0. The van der Waals surface area contributed by atoms with Gasteiger partial charge in [-0.05, 0) is 42.5 Å². The van der Waals surface area contributed by atoms with E-state index in [1.165, 1.54) is 20.4 Å². The largest absolute Gasteiger partial charge is 0.495 e. The van der Waals surface area contributed by atoms with Gasteiger partial charge in [-0.3, -0.25) is 9.78 Å². The monoisotopic (exact) mass is 377 g/mol. The number of nitrogens with one attached hydrogen (secondary N) is 2. The van der Waals surface area contributed by atoms with E-state index in [1.54, 1.807) is 54.6 Å². The molecule has 3 rings (SSSR count). The lowest BCUT2D eigenvalue weighted by Gasteiger charge is -2.11. The second kappa shape index (κ2) is 8.68. The molecule has 2 N–H and O–H groups in total. The minimum atomic E-state index is -0.421. The van der Waals surface area contributed by atoms with Gasteiger partial charge in [0.1, 0.15) is 11.4 Å². The minimum Gasteiger partial charge on any atom is -0.495 e. The zero-order valence-corrected chi connectivity index (χ0v) is 15.4. The number of methoxy groups -OCH3 is 2. The Morgan fingerprint density at radius 1 is 0.929 bits per heavy atom. The van der Waals surface area contributed by atoms with Crippen molar-refractivity contribution in [3.63, 3.8) is 0 Å². The third-order valence-electron chi connectivity index (χ3n) is 3.92. The summed E-state index contributed by atoms with van der Waals surface area (Å²) in [4.78, 5) is 28.3. The van der Waals surface area contributed by atoms with Crippen LogP contribution in [0.1, 0.15) is 20.8 Å². The zero-order chi connectivity index (χ0) is 19.9. The van der Waals surface area contributed by atoms with Gasteiger partial charge in [-0.1, -0.05) is 18.2 Å². The number of anilines is 3. The Bertz CT molecular complexity index is 1000. The van der Waals surface area contributed by atoms with E-state index in [0.717, 1.165) is 0 Å². The Labute approximate surface area is 162 Å². The molecule has 0 fully saturated rings. The highest BCUT2D eigenvalue weighted by Crippen LogP contribution is 2.24. The molecule has 0 saturated carbocycles. The highest BCUT2D eigenvalue weighted by Gasteiger charge is 2.12. The summed E-state index contributed by atoms with van der Waals surface area (Å²) in [6.45, 7) is 0. The lowest BCUT2D eigenvalue weighted by Crippen LogP contribution is -2.14. The van der Waals surface area contributed by atoms with E-state index in [9.17, 15) is 9.59 Å². The van der Waals surface area contributed by atoms with Crippen LogP contribution in [0.15, 0.2) is 66.9 Å². The SMILES string of the molecule is COC(=O)c1cccc(Nc2ccnc(C(=O)Nc3ccccc3OC)c2)c1. The van der Waals surface area contributed by atoms with Gasteiger partial charge < -0.3 is 20.1 Å². The highest BCUT2D eigenvalue weighted by atomic mass is 16.5. The number of para-hydroxylation sites is 2. The molecule has 3 aromatic rings. The molecule has 0 aliphatic rings. The van der Waals surface area contributed by atoms with Crippen molar-refractivity contribution in [1.82, 2.24) is 4.98 Å². The van der Waals surface area contributed by atoms with Crippen LogP contribution >= 0.6 is 0 Å². The number of hydrogen-bond acceptors (Lipinski definition) is 6. The van der Waals surface area contributed by atoms with Crippen LogP contribution in [0.3, 0.4) is 0 Å². The first-order valence-electron chi connectivity index (χ1n) is 8.46. The van der Waals surface area contributed by atoms with Crippen molar-refractivity contribution in [3.05, 3.63) is 78.1 Å². The average Bonchev–Trinajstić information content (AvgIpc) is 2.74. The van der Waals surface area contributed by atoms with Crippen molar-refractivity contribution in [2.75, 3.05) is 24.9 Å². The van der Waals surface area contributed by atoms with E-state index in [4.69, 9.17) is 9.47 Å². The van der Waals surface area contributed by atoms with Gasteiger partial charge in [0.2, 0.25) is 0 Å². The Hall–Kier alpha value is -3.87. The number of carbonyl (C=O) groups is 2. The summed E-state index contributed by atoms with van der Waals surface area (Å²) in [5.74, 6) is -0.225. The molecule has 0 aliphatic heterocycles. The molecule has 0 saturated heterocycles. The molecule has 0 atom stereocenters. The van der Waals surface area contributed by atoms with Crippen LogP contribution in [0, 0.1) is 0 Å². The molecule has 1 amide bonds. The third-order valence-corrected chi connectivity index (χ3v) is 3.92. The lowest BCUT2D eigenvalue weighted by atomic mass is 10.2. The fraction of sp³-hybridized carbons (Fsp3) is 0.0952. The fourth-order valence-electron chi connectivity index (χ4n) is 2.58. The number of hydrogen-bond donors (Lipinski definition) is 2. The molecule has 142 valence electrons. The number of benzene rings is 2. The molecule has 28 heavy (non-hydrogen) atoms. The van der Waals surface area contributed by atoms with E-state index in [1.807, 2.05) is 6.07 Å². The summed E-state index contributed by atoms with van der Waals surface area (Å²) in [6.07, 6.45) is 1.53. The predicted octanol–water partition coefficient (Wildman–Crippen LogP) is 3.87. The van der Waals surface area contributed by atoms with Crippen molar-refractivity contribution < 1.29 is 19.1 Å². The number of esters is 1. The first-order valence-corrected chi connectivity index (χ1v) is 8.46. The quantitative estimate of drug-likeness (QED) is 0.634. The molecule has 1 aromatic heterocycles. The number of rotatable bonds is 6. The Morgan fingerprint density at radius 3 is 2.50 bits per heavy atom. The van der Waals surface area contributed by atoms with Crippen LogP contribution in [0.25, 0.3) is 0 Å². The van der Waals surface area contributed by atoms with E-state index < -0.39 is 5.97 Å². The normalized spacial score (nSPS) is 10.1. The third kappa shape index (κ3) is 4.45. The van der Waals surface area contributed by atoms with Gasteiger partial charge in [-0.2, -0.15) is 0 Å². The fourth-order valence-corrected chi connectivity index (χ4v) is 2.58. The van der Waals surface area contributed by atoms with Crippen LogP contribution in [0.4, 0.5) is 17.1 Å².